The molecule has 3 rings (SSSR count). The van der Waals surface area contributed by atoms with E-state index < -0.39 is 11.6 Å². The number of carboxylic acids is 1. The van der Waals surface area contributed by atoms with Crippen LogP contribution in [0.5, 0.6) is 5.75 Å². The lowest BCUT2D eigenvalue weighted by molar-refractivity contribution is -0.152. The number of carbonyl (C=O) groups excluding carboxylic acids is 1. The van der Waals surface area contributed by atoms with Crippen molar-refractivity contribution in [3.63, 3.8) is 0 Å². The molecule has 1 aliphatic heterocycles. The minimum Gasteiger partial charge on any atom is -0.478 e. The number of piperidine rings is 1. The summed E-state index contributed by atoms with van der Waals surface area (Å²) in [5, 5.41) is 9.15. The Balaban J connectivity index is 1.58. The Morgan fingerprint density at radius 1 is 1.15 bits per heavy atom. The van der Waals surface area contributed by atoms with Crippen molar-refractivity contribution in [2.45, 2.75) is 38.2 Å². The third-order valence-electron chi connectivity index (χ3n) is 4.93. The summed E-state index contributed by atoms with van der Waals surface area (Å²) in [7, 11) is 0. The van der Waals surface area contributed by atoms with E-state index in [0.29, 0.717) is 30.3 Å². The summed E-state index contributed by atoms with van der Waals surface area (Å²) in [6.07, 6.45) is 5.05. The molecule has 0 radical (unpaired) electrons. The molecule has 1 saturated heterocycles. The van der Waals surface area contributed by atoms with E-state index in [9.17, 15) is 9.59 Å². The fourth-order valence-electron chi connectivity index (χ4n) is 3.23. The molecule has 142 valence electrons. The highest BCUT2D eigenvalue weighted by molar-refractivity contribution is 5.93. The zero-order valence-electron chi connectivity index (χ0n) is 15.6. The molecule has 0 unspecified atom stereocenters. The molecule has 0 atom stereocenters. The van der Waals surface area contributed by atoms with Crippen LogP contribution in [0.15, 0.2) is 48.8 Å². The van der Waals surface area contributed by atoms with Crippen molar-refractivity contribution in [2.75, 3.05) is 13.1 Å². The average Bonchev–Trinajstić information content (AvgIpc) is 2.68. The molecule has 1 aromatic carbocycles. The van der Waals surface area contributed by atoms with Crippen molar-refractivity contribution in [2.24, 2.45) is 0 Å². The monoisotopic (exact) mass is 368 g/mol. The van der Waals surface area contributed by atoms with Gasteiger partial charge in [0.25, 0.3) is 5.91 Å². The fourth-order valence-corrected chi connectivity index (χ4v) is 3.23. The summed E-state index contributed by atoms with van der Waals surface area (Å²) in [6, 6.07) is 11.2. The molecule has 1 aromatic heterocycles. The van der Waals surface area contributed by atoms with Gasteiger partial charge in [-0.1, -0.05) is 12.1 Å². The van der Waals surface area contributed by atoms with E-state index >= 15 is 0 Å². The third-order valence-corrected chi connectivity index (χ3v) is 4.93. The highest BCUT2D eigenvalue weighted by Gasteiger charge is 2.29. The topological polar surface area (TPSA) is 79.7 Å². The standard InChI is InChI=1S/C21H24N2O4/c1-21(2,20(25)26)27-18-7-5-15(6-8-18)16-9-12-23(13-10-16)19(24)17-4-3-11-22-14-17/h3-8,11,14,16H,9-10,12-13H2,1-2H3,(H,25,26). The van der Waals surface area contributed by atoms with Gasteiger partial charge in [-0.05, 0) is 62.4 Å². The molecule has 6 nitrogen and oxygen atoms in total. The molecular weight excluding hydrogens is 344 g/mol. The molecule has 1 N–H and O–H groups in total. The number of aromatic nitrogens is 1. The van der Waals surface area contributed by atoms with E-state index in [1.807, 2.05) is 29.2 Å². The zero-order valence-corrected chi connectivity index (χ0v) is 15.6. The number of nitrogens with zero attached hydrogens (tertiary/aromatic N) is 2. The second kappa shape index (κ2) is 7.78. The van der Waals surface area contributed by atoms with Gasteiger partial charge in [-0.3, -0.25) is 9.78 Å². The van der Waals surface area contributed by atoms with Gasteiger partial charge in [0.05, 0.1) is 5.56 Å². The van der Waals surface area contributed by atoms with Crippen LogP contribution in [0.2, 0.25) is 0 Å². The summed E-state index contributed by atoms with van der Waals surface area (Å²) in [5.41, 5.74) is 0.543. The number of likely N-dealkylation sites (tertiary alicyclic amines) is 1. The molecule has 0 saturated carbocycles. The van der Waals surface area contributed by atoms with Crippen LogP contribution in [-0.4, -0.2) is 45.6 Å². The number of carbonyl (C=O) groups is 2. The van der Waals surface area contributed by atoms with Crippen molar-refractivity contribution in [1.29, 1.82) is 0 Å². The molecule has 1 fully saturated rings. The minimum absolute atomic E-state index is 0.0289. The Hall–Kier alpha value is -2.89. The Labute approximate surface area is 158 Å². The van der Waals surface area contributed by atoms with E-state index in [4.69, 9.17) is 9.84 Å². The Kier molecular flexibility index (Phi) is 5.44. The number of rotatable bonds is 5. The fraction of sp³-hybridized carbons (Fsp3) is 0.381. The summed E-state index contributed by atoms with van der Waals surface area (Å²) in [4.78, 5) is 29.6. The van der Waals surface area contributed by atoms with Crippen LogP contribution in [0.25, 0.3) is 0 Å². The first-order valence-electron chi connectivity index (χ1n) is 9.08. The van der Waals surface area contributed by atoms with Gasteiger partial charge in [-0.25, -0.2) is 4.79 Å². The smallest absolute Gasteiger partial charge is 0.347 e. The number of hydrogen-bond acceptors (Lipinski definition) is 4. The van der Waals surface area contributed by atoms with E-state index in [2.05, 4.69) is 4.98 Å². The maximum atomic E-state index is 12.5. The van der Waals surface area contributed by atoms with Gasteiger partial charge in [0.1, 0.15) is 5.75 Å². The molecule has 0 bridgehead atoms. The van der Waals surface area contributed by atoms with Crippen LogP contribution < -0.4 is 4.74 Å². The van der Waals surface area contributed by atoms with Crippen LogP contribution in [0.3, 0.4) is 0 Å². The van der Waals surface area contributed by atoms with E-state index in [-0.39, 0.29) is 5.91 Å². The lowest BCUT2D eigenvalue weighted by atomic mass is 9.89. The van der Waals surface area contributed by atoms with Crippen LogP contribution in [-0.2, 0) is 4.79 Å². The molecule has 1 aliphatic rings. The predicted octanol–water partition coefficient (Wildman–Crippen LogP) is 3.34. The van der Waals surface area contributed by atoms with E-state index in [0.717, 1.165) is 12.8 Å². The lowest BCUT2D eigenvalue weighted by Gasteiger charge is -2.32. The van der Waals surface area contributed by atoms with Gasteiger partial charge in [0, 0.05) is 25.5 Å². The zero-order chi connectivity index (χ0) is 19.4. The summed E-state index contributed by atoms with van der Waals surface area (Å²) in [5.74, 6) is -0.0572. The molecule has 1 amide bonds. The molecule has 2 aromatic rings. The Bertz CT molecular complexity index is 795. The van der Waals surface area contributed by atoms with Gasteiger partial charge >= 0.3 is 5.97 Å². The third kappa shape index (κ3) is 4.45. The number of ether oxygens (including phenoxy) is 1. The maximum Gasteiger partial charge on any atom is 0.347 e. The quantitative estimate of drug-likeness (QED) is 0.875. The average molecular weight is 368 g/mol. The summed E-state index contributed by atoms with van der Waals surface area (Å²) in [6.45, 7) is 4.47. The normalized spacial score (nSPS) is 15.4. The molecule has 0 spiro atoms. The van der Waals surface area contributed by atoms with Crippen molar-refractivity contribution in [1.82, 2.24) is 9.88 Å². The van der Waals surface area contributed by atoms with Crippen molar-refractivity contribution in [3.8, 4) is 5.75 Å². The van der Waals surface area contributed by atoms with Crippen LogP contribution in [0.4, 0.5) is 0 Å². The number of hydrogen-bond donors (Lipinski definition) is 1. The maximum absolute atomic E-state index is 12.5. The summed E-state index contributed by atoms with van der Waals surface area (Å²) < 4.78 is 5.54. The molecule has 6 heteroatoms. The van der Waals surface area contributed by atoms with Crippen molar-refractivity contribution in [3.05, 3.63) is 59.9 Å². The first-order valence-corrected chi connectivity index (χ1v) is 9.08. The number of amides is 1. The second-order valence-electron chi connectivity index (χ2n) is 7.29. The number of benzene rings is 1. The largest absolute Gasteiger partial charge is 0.478 e. The molecule has 27 heavy (non-hydrogen) atoms. The summed E-state index contributed by atoms with van der Waals surface area (Å²) >= 11 is 0. The second-order valence-corrected chi connectivity index (χ2v) is 7.29. The SMILES string of the molecule is CC(C)(Oc1ccc(C2CCN(C(=O)c3cccnc3)CC2)cc1)C(=O)O. The van der Waals surface area contributed by atoms with E-state index in [1.165, 1.54) is 19.4 Å². The van der Waals surface area contributed by atoms with Crippen molar-refractivity contribution >= 4 is 11.9 Å². The van der Waals surface area contributed by atoms with Gasteiger partial charge in [-0.2, -0.15) is 0 Å². The van der Waals surface area contributed by atoms with Crippen LogP contribution in [0.1, 0.15) is 48.5 Å². The number of pyridine rings is 1. The van der Waals surface area contributed by atoms with Crippen LogP contribution >= 0.6 is 0 Å². The minimum atomic E-state index is -1.26. The Morgan fingerprint density at radius 3 is 2.37 bits per heavy atom. The van der Waals surface area contributed by atoms with Gasteiger partial charge < -0.3 is 14.7 Å². The van der Waals surface area contributed by atoms with Crippen molar-refractivity contribution < 1.29 is 19.4 Å². The molecule has 0 aliphatic carbocycles. The van der Waals surface area contributed by atoms with Gasteiger partial charge in [0.2, 0.25) is 0 Å². The predicted molar refractivity (Wildman–Crippen MR) is 101 cm³/mol. The lowest BCUT2D eigenvalue weighted by Crippen LogP contribution is -2.38. The van der Waals surface area contributed by atoms with Gasteiger partial charge in [-0.15, -0.1) is 0 Å². The van der Waals surface area contributed by atoms with Gasteiger partial charge in [0.15, 0.2) is 5.60 Å². The Morgan fingerprint density at radius 2 is 1.81 bits per heavy atom. The first-order chi connectivity index (χ1) is 12.9. The number of carboxylic acid groups (broad SMARTS) is 1. The first kappa shape index (κ1) is 18.9. The highest BCUT2D eigenvalue weighted by atomic mass is 16.5. The van der Waals surface area contributed by atoms with Crippen LogP contribution in [0, 0.1) is 0 Å². The highest BCUT2D eigenvalue weighted by Crippen LogP contribution is 2.30. The number of aliphatic carboxylic acids is 1. The molecule has 2 heterocycles. The van der Waals surface area contributed by atoms with E-state index in [1.54, 1.807) is 24.5 Å². The molecular formula is C21H24N2O4.